The predicted molar refractivity (Wildman–Crippen MR) is 87.2 cm³/mol. The van der Waals surface area contributed by atoms with Crippen molar-refractivity contribution in [2.75, 3.05) is 6.54 Å². The first-order valence-electron chi connectivity index (χ1n) is 7.57. The number of rotatable bonds is 5. The highest BCUT2D eigenvalue weighted by Crippen LogP contribution is 2.25. The van der Waals surface area contributed by atoms with E-state index in [0.29, 0.717) is 0 Å². The van der Waals surface area contributed by atoms with Gasteiger partial charge >= 0.3 is 0 Å². The van der Waals surface area contributed by atoms with Crippen molar-refractivity contribution in [3.63, 3.8) is 0 Å². The minimum atomic E-state index is -0.133. The number of benzene rings is 2. The summed E-state index contributed by atoms with van der Waals surface area (Å²) in [7, 11) is 0. The fourth-order valence-electron chi connectivity index (χ4n) is 3.03. The summed E-state index contributed by atoms with van der Waals surface area (Å²) in [5.74, 6) is -0.133. The van der Waals surface area contributed by atoms with Crippen molar-refractivity contribution in [2.24, 2.45) is 0 Å². The van der Waals surface area contributed by atoms with Gasteiger partial charge in [-0.15, -0.1) is 0 Å². The second-order valence-electron chi connectivity index (χ2n) is 5.71. The van der Waals surface area contributed by atoms with Gasteiger partial charge in [-0.3, -0.25) is 0 Å². The summed E-state index contributed by atoms with van der Waals surface area (Å²) >= 11 is 0. The second kappa shape index (κ2) is 6.86. The molecule has 2 rings (SSSR count). The van der Waals surface area contributed by atoms with E-state index in [2.05, 4.69) is 45.1 Å². The number of hydrogen-bond donors (Lipinski definition) is 1. The zero-order valence-corrected chi connectivity index (χ0v) is 13.3. The van der Waals surface area contributed by atoms with Crippen LogP contribution in [0.25, 0.3) is 0 Å². The number of halogens is 1. The lowest BCUT2D eigenvalue weighted by molar-refractivity contribution is 0.508. The molecule has 0 heterocycles. The van der Waals surface area contributed by atoms with E-state index in [1.807, 2.05) is 12.1 Å². The van der Waals surface area contributed by atoms with Gasteiger partial charge in [0.25, 0.3) is 0 Å². The molecular formula is C19H24FN. The maximum Gasteiger partial charge on any atom is 0.127 e. The van der Waals surface area contributed by atoms with E-state index in [0.717, 1.165) is 18.5 Å². The van der Waals surface area contributed by atoms with Crippen LogP contribution in [0.3, 0.4) is 0 Å². The SMILES string of the molecule is CCNC(Cc1c(C)cc(C)cc1C)c1ccccc1F. The van der Waals surface area contributed by atoms with Crippen molar-refractivity contribution in [3.05, 3.63) is 70.0 Å². The van der Waals surface area contributed by atoms with Crippen LogP contribution in [-0.2, 0) is 6.42 Å². The molecule has 0 spiro atoms. The Morgan fingerprint density at radius 1 is 1.05 bits per heavy atom. The molecule has 112 valence electrons. The minimum Gasteiger partial charge on any atom is -0.310 e. The highest BCUT2D eigenvalue weighted by Gasteiger charge is 2.17. The Labute approximate surface area is 127 Å². The van der Waals surface area contributed by atoms with Crippen molar-refractivity contribution in [1.29, 1.82) is 0 Å². The number of aryl methyl sites for hydroxylation is 3. The molecule has 0 radical (unpaired) electrons. The molecule has 2 aromatic rings. The topological polar surface area (TPSA) is 12.0 Å². The van der Waals surface area contributed by atoms with Crippen LogP contribution in [0.2, 0.25) is 0 Å². The van der Waals surface area contributed by atoms with Crippen LogP contribution in [0.15, 0.2) is 36.4 Å². The molecule has 1 nitrogen and oxygen atoms in total. The van der Waals surface area contributed by atoms with Crippen molar-refractivity contribution in [2.45, 2.75) is 40.2 Å². The molecule has 0 aliphatic heterocycles. The van der Waals surface area contributed by atoms with Gasteiger partial charge in [0.2, 0.25) is 0 Å². The molecule has 0 bridgehead atoms. The van der Waals surface area contributed by atoms with Crippen molar-refractivity contribution in [1.82, 2.24) is 5.32 Å². The van der Waals surface area contributed by atoms with Crippen LogP contribution >= 0.6 is 0 Å². The normalized spacial score (nSPS) is 12.4. The quantitative estimate of drug-likeness (QED) is 0.843. The molecule has 1 unspecified atom stereocenters. The summed E-state index contributed by atoms with van der Waals surface area (Å²) < 4.78 is 14.1. The van der Waals surface area contributed by atoms with Gasteiger partial charge in [0.05, 0.1) is 0 Å². The maximum absolute atomic E-state index is 14.1. The molecule has 0 aliphatic carbocycles. The van der Waals surface area contributed by atoms with Gasteiger partial charge in [0, 0.05) is 11.6 Å². The van der Waals surface area contributed by atoms with E-state index < -0.39 is 0 Å². The first kappa shape index (κ1) is 15.7. The van der Waals surface area contributed by atoms with Gasteiger partial charge in [-0.05, 0) is 56.5 Å². The molecular weight excluding hydrogens is 261 g/mol. The lowest BCUT2D eigenvalue weighted by Gasteiger charge is -2.22. The molecule has 0 amide bonds. The van der Waals surface area contributed by atoms with E-state index >= 15 is 0 Å². The van der Waals surface area contributed by atoms with Crippen LogP contribution in [0.1, 0.15) is 40.8 Å². The zero-order valence-electron chi connectivity index (χ0n) is 13.3. The van der Waals surface area contributed by atoms with E-state index in [1.165, 1.54) is 28.3 Å². The number of hydrogen-bond acceptors (Lipinski definition) is 1. The molecule has 0 saturated carbocycles. The number of likely N-dealkylation sites (N-methyl/N-ethyl adjacent to an activating group) is 1. The molecule has 0 fully saturated rings. The minimum absolute atomic E-state index is 0.0105. The Hall–Kier alpha value is -1.67. The maximum atomic E-state index is 14.1. The molecule has 2 aromatic carbocycles. The highest BCUT2D eigenvalue weighted by molar-refractivity contribution is 5.39. The average molecular weight is 285 g/mol. The molecule has 0 aromatic heterocycles. The standard InChI is InChI=1S/C19H24FN/c1-5-21-19(16-8-6-7-9-18(16)20)12-17-14(3)10-13(2)11-15(17)4/h6-11,19,21H,5,12H2,1-4H3. The largest absolute Gasteiger partial charge is 0.310 e. The Morgan fingerprint density at radius 3 is 2.24 bits per heavy atom. The van der Waals surface area contributed by atoms with Crippen LogP contribution in [0.4, 0.5) is 4.39 Å². The fourth-order valence-corrected chi connectivity index (χ4v) is 3.03. The third kappa shape index (κ3) is 3.70. The molecule has 21 heavy (non-hydrogen) atoms. The van der Waals surface area contributed by atoms with Crippen LogP contribution in [0.5, 0.6) is 0 Å². The lowest BCUT2D eigenvalue weighted by atomic mass is 9.91. The fraction of sp³-hybridized carbons (Fsp3) is 0.368. The smallest absolute Gasteiger partial charge is 0.127 e. The zero-order chi connectivity index (χ0) is 15.4. The summed E-state index contributed by atoms with van der Waals surface area (Å²) in [4.78, 5) is 0. The molecule has 2 heteroatoms. The summed E-state index contributed by atoms with van der Waals surface area (Å²) in [6, 6.07) is 11.5. The first-order chi connectivity index (χ1) is 10.0. The van der Waals surface area contributed by atoms with Crippen LogP contribution < -0.4 is 5.32 Å². The Bertz CT molecular complexity index is 596. The van der Waals surface area contributed by atoms with Crippen LogP contribution in [-0.4, -0.2) is 6.54 Å². The molecule has 1 N–H and O–H groups in total. The van der Waals surface area contributed by atoms with E-state index in [1.54, 1.807) is 6.07 Å². The predicted octanol–water partition coefficient (Wildman–Crippen LogP) is 4.64. The van der Waals surface area contributed by atoms with Gasteiger partial charge in [-0.2, -0.15) is 0 Å². The van der Waals surface area contributed by atoms with E-state index in [9.17, 15) is 4.39 Å². The summed E-state index contributed by atoms with van der Waals surface area (Å²) in [5, 5.41) is 3.42. The third-order valence-electron chi connectivity index (χ3n) is 3.98. The van der Waals surface area contributed by atoms with Crippen LogP contribution in [0, 0.1) is 26.6 Å². The van der Waals surface area contributed by atoms with Crippen molar-refractivity contribution < 1.29 is 4.39 Å². The summed E-state index contributed by atoms with van der Waals surface area (Å²) in [6.45, 7) is 9.27. The van der Waals surface area contributed by atoms with Gasteiger partial charge < -0.3 is 5.32 Å². The van der Waals surface area contributed by atoms with E-state index in [4.69, 9.17) is 0 Å². The second-order valence-corrected chi connectivity index (χ2v) is 5.71. The van der Waals surface area contributed by atoms with Gasteiger partial charge in [-0.1, -0.05) is 42.8 Å². The molecule has 0 aliphatic rings. The van der Waals surface area contributed by atoms with E-state index in [-0.39, 0.29) is 11.9 Å². The van der Waals surface area contributed by atoms with Crippen molar-refractivity contribution in [3.8, 4) is 0 Å². The summed E-state index contributed by atoms with van der Waals surface area (Å²) in [6.07, 6.45) is 0.812. The summed E-state index contributed by atoms with van der Waals surface area (Å²) in [5.41, 5.74) is 5.91. The first-order valence-corrected chi connectivity index (χ1v) is 7.57. The van der Waals surface area contributed by atoms with Gasteiger partial charge in [-0.25, -0.2) is 4.39 Å². The Kier molecular flexibility index (Phi) is 5.13. The number of nitrogens with one attached hydrogen (secondary N) is 1. The molecule has 0 saturated heterocycles. The Balaban J connectivity index is 2.36. The lowest BCUT2D eigenvalue weighted by Crippen LogP contribution is -2.24. The Morgan fingerprint density at radius 2 is 1.67 bits per heavy atom. The van der Waals surface area contributed by atoms with Gasteiger partial charge in [0.1, 0.15) is 5.82 Å². The molecule has 1 atom stereocenters. The highest BCUT2D eigenvalue weighted by atomic mass is 19.1. The monoisotopic (exact) mass is 285 g/mol. The third-order valence-corrected chi connectivity index (χ3v) is 3.98. The average Bonchev–Trinajstić information content (AvgIpc) is 2.42. The van der Waals surface area contributed by atoms with Crippen molar-refractivity contribution >= 4 is 0 Å². The van der Waals surface area contributed by atoms with Gasteiger partial charge in [0.15, 0.2) is 0 Å².